The zero-order chi connectivity index (χ0) is 9.97. The minimum atomic E-state index is 0.728. The SMILES string of the molecule is CN1CCN(Cc2cnc(I)o2)CC1. The van der Waals surface area contributed by atoms with Crippen LogP contribution in [0.15, 0.2) is 10.6 Å². The molecule has 1 saturated heterocycles. The molecule has 4 nitrogen and oxygen atoms in total. The van der Waals surface area contributed by atoms with Crippen molar-refractivity contribution >= 4 is 22.6 Å². The highest BCUT2D eigenvalue weighted by atomic mass is 127. The van der Waals surface area contributed by atoms with Gasteiger partial charge in [-0.15, -0.1) is 0 Å². The van der Waals surface area contributed by atoms with E-state index in [2.05, 4.69) is 44.4 Å². The lowest BCUT2D eigenvalue weighted by Crippen LogP contribution is -2.43. The Labute approximate surface area is 97.4 Å². The van der Waals surface area contributed by atoms with E-state index < -0.39 is 0 Å². The highest BCUT2D eigenvalue weighted by Crippen LogP contribution is 2.10. The van der Waals surface area contributed by atoms with Gasteiger partial charge in [-0.05, 0) is 7.05 Å². The summed E-state index contributed by atoms with van der Waals surface area (Å²) in [7, 11) is 2.16. The van der Waals surface area contributed by atoms with Crippen LogP contribution in [-0.2, 0) is 6.54 Å². The fourth-order valence-electron chi connectivity index (χ4n) is 1.58. The molecule has 0 spiro atoms. The van der Waals surface area contributed by atoms with Crippen molar-refractivity contribution in [1.82, 2.24) is 14.8 Å². The lowest BCUT2D eigenvalue weighted by Gasteiger charge is -2.31. The Morgan fingerprint density at radius 2 is 2.14 bits per heavy atom. The molecule has 0 unspecified atom stereocenters. The van der Waals surface area contributed by atoms with Gasteiger partial charge >= 0.3 is 0 Å². The van der Waals surface area contributed by atoms with Gasteiger partial charge in [-0.2, -0.15) is 0 Å². The summed E-state index contributed by atoms with van der Waals surface area (Å²) < 4.78 is 6.16. The Morgan fingerprint density at radius 1 is 1.43 bits per heavy atom. The highest BCUT2D eigenvalue weighted by molar-refractivity contribution is 14.1. The number of likely N-dealkylation sites (N-methyl/N-ethyl adjacent to an activating group) is 1. The summed E-state index contributed by atoms with van der Waals surface area (Å²) >= 11 is 2.09. The molecule has 1 aromatic rings. The predicted molar refractivity (Wildman–Crippen MR) is 62.0 cm³/mol. The summed E-state index contributed by atoms with van der Waals surface area (Å²) in [5.74, 6) is 0.971. The quantitative estimate of drug-likeness (QED) is 0.764. The van der Waals surface area contributed by atoms with E-state index >= 15 is 0 Å². The third-order valence-electron chi connectivity index (χ3n) is 2.50. The first-order valence-corrected chi connectivity index (χ1v) is 5.83. The Bertz CT molecular complexity index is 294. The smallest absolute Gasteiger partial charge is 0.257 e. The van der Waals surface area contributed by atoms with Crippen molar-refractivity contribution in [2.24, 2.45) is 0 Å². The number of rotatable bonds is 2. The molecule has 1 fully saturated rings. The first-order chi connectivity index (χ1) is 6.74. The second-order valence-corrected chi connectivity index (χ2v) is 4.58. The Morgan fingerprint density at radius 3 is 2.71 bits per heavy atom. The number of hydrogen-bond acceptors (Lipinski definition) is 4. The predicted octanol–water partition coefficient (Wildman–Crippen LogP) is 1.03. The molecule has 0 atom stereocenters. The van der Waals surface area contributed by atoms with Gasteiger partial charge in [0, 0.05) is 48.8 Å². The summed E-state index contributed by atoms with van der Waals surface area (Å²) in [5.41, 5.74) is 0. The molecule has 0 saturated carbocycles. The zero-order valence-corrected chi connectivity index (χ0v) is 10.4. The van der Waals surface area contributed by atoms with Gasteiger partial charge in [0.05, 0.1) is 12.7 Å². The van der Waals surface area contributed by atoms with Crippen LogP contribution in [0.4, 0.5) is 0 Å². The van der Waals surface area contributed by atoms with Gasteiger partial charge in [-0.25, -0.2) is 4.98 Å². The van der Waals surface area contributed by atoms with Crippen LogP contribution in [0.25, 0.3) is 0 Å². The molecular formula is C9H14IN3O. The van der Waals surface area contributed by atoms with Crippen LogP contribution in [0, 0.1) is 3.90 Å². The number of aromatic nitrogens is 1. The van der Waals surface area contributed by atoms with Crippen molar-refractivity contribution in [2.45, 2.75) is 6.54 Å². The minimum Gasteiger partial charge on any atom is -0.436 e. The lowest BCUT2D eigenvalue weighted by atomic mass is 10.3. The molecular weight excluding hydrogens is 293 g/mol. The van der Waals surface area contributed by atoms with Crippen molar-refractivity contribution in [3.63, 3.8) is 0 Å². The molecule has 1 aromatic heterocycles. The van der Waals surface area contributed by atoms with Crippen LogP contribution in [0.1, 0.15) is 5.76 Å². The van der Waals surface area contributed by atoms with E-state index in [9.17, 15) is 0 Å². The molecule has 78 valence electrons. The second-order valence-electron chi connectivity index (χ2n) is 3.66. The Hall–Kier alpha value is -0.140. The minimum absolute atomic E-state index is 0.728. The number of halogens is 1. The Balaban J connectivity index is 1.86. The van der Waals surface area contributed by atoms with Crippen LogP contribution >= 0.6 is 22.6 Å². The van der Waals surface area contributed by atoms with E-state index in [4.69, 9.17) is 4.42 Å². The largest absolute Gasteiger partial charge is 0.436 e. The number of oxazole rings is 1. The van der Waals surface area contributed by atoms with Gasteiger partial charge in [-0.3, -0.25) is 4.90 Å². The first kappa shape index (κ1) is 10.4. The molecule has 0 bridgehead atoms. The average Bonchev–Trinajstić information content (AvgIpc) is 2.56. The molecule has 2 rings (SSSR count). The maximum atomic E-state index is 5.43. The third-order valence-corrected chi connectivity index (χ3v) is 3.00. The second kappa shape index (κ2) is 4.59. The average molecular weight is 307 g/mol. The van der Waals surface area contributed by atoms with Crippen LogP contribution in [0.3, 0.4) is 0 Å². The first-order valence-electron chi connectivity index (χ1n) is 4.75. The standard InChI is InChI=1S/C9H14IN3O/c1-12-2-4-13(5-3-12)7-8-6-11-9(10)14-8/h6H,2-5,7H2,1H3. The number of piperazine rings is 1. The molecule has 14 heavy (non-hydrogen) atoms. The van der Waals surface area contributed by atoms with E-state index in [1.165, 1.54) is 0 Å². The van der Waals surface area contributed by atoms with Crippen molar-refractivity contribution in [1.29, 1.82) is 0 Å². The van der Waals surface area contributed by atoms with Gasteiger partial charge in [0.1, 0.15) is 5.76 Å². The topological polar surface area (TPSA) is 32.5 Å². The van der Waals surface area contributed by atoms with E-state index in [-0.39, 0.29) is 0 Å². The fourth-order valence-corrected chi connectivity index (χ4v) is 2.01. The van der Waals surface area contributed by atoms with Crippen molar-refractivity contribution < 1.29 is 4.42 Å². The third kappa shape index (κ3) is 2.68. The molecule has 5 heteroatoms. The van der Waals surface area contributed by atoms with Gasteiger partial charge < -0.3 is 9.32 Å². The highest BCUT2D eigenvalue weighted by Gasteiger charge is 2.15. The monoisotopic (exact) mass is 307 g/mol. The van der Waals surface area contributed by atoms with E-state index in [0.29, 0.717) is 0 Å². The Kier molecular flexibility index (Phi) is 3.40. The normalized spacial score (nSPS) is 20.1. The molecule has 0 amide bonds. The van der Waals surface area contributed by atoms with Crippen molar-refractivity contribution in [2.75, 3.05) is 33.2 Å². The summed E-state index contributed by atoms with van der Waals surface area (Å²) in [5, 5.41) is 0. The van der Waals surface area contributed by atoms with Crippen LogP contribution in [0.5, 0.6) is 0 Å². The summed E-state index contributed by atoms with van der Waals surface area (Å²) in [6.45, 7) is 5.42. The molecule has 0 radical (unpaired) electrons. The van der Waals surface area contributed by atoms with Crippen LogP contribution in [-0.4, -0.2) is 48.0 Å². The maximum absolute atomic E-state index is 5.43. The van der Waals surface area contributed by atoms with Gasteiger partial charge in [-0.1, -0.05) is 0 Å². The summed E-state index contributed by atoms with van der Waals surface area (Å²) in [6, 6.07) is 0. The molecule has 0 N–H and O–H groups in total. The van der Waals surface area contributed by atoms with Crippen molar-refractivity contribution in [3.05, 3.63) is 15.9 Å². The molecule has 1 aliphatic rings. The maximum Gasteiger partial charge on any atom is 0.257 e. The summed E-state index contributed by atoms with van der Waals surface area (Å²) in [6.07, 6.45) is 1.82. The van der Waals surface area contributed by atoms with Crippen LogP contribution in [0.2, 0.25) is 0 Å². The van der Waals surface area contributed by atoms with E-state index in [1.54, 1.807) is 0 Å². The lowest BCUT2D eigenvalue weighted by molar-refractivity contribution is 0.140. The molecule has 0 aliphatic carbocycles. The van der Waals surface area contributed by atoms with Crippen molar-refractivity contribution in [3.8, 4) is 0 Å². The summed E-state index contributed by atoms with van der Waals surface area (Å²) in [4.78, 5) is 8.83. The number of nitrogens with zero attached hydrogens (tertiary/aromatic N) is 3. The molecule has 0 aromatic carbocycles. The fraction of sp³-hybridized carbons (Fsp3) is 0.667. The van der Waals surface area contributed by atoms with Gasteiger partial charge in [0.2, 0.25) is 0 Å². The van der Waals surface area contributed by atoms with Gasteiger partial charge in [0.15, 0.2) is 0 Å². The van der Waals surface area contributed by atoms with Crippen LogP contribution < -0.4 is 0 Å². The number of hydrogen-bond donors (Lipinski definition) is 0. The van der Waals surface area contributed by atoms with E-state index in [0.717, 1.165) is 42.4 Å². The zero-order valence-electron chi connectivity index (χ0n) is 8.24. The van der Waals surface area contributed by atoms with Gasteiger partial charge in [0.25, 0.3) is 3.90 Å². The molecule has 1 aliphatic heterocycles. The van der Waals surface area contributed by atoms with E-state index in [1.807, 2.05) is 6.20 Å². The molecule has 2 heterocycles.